The van der Waals surface area contributed by atoms with E-state index in [1.807, 2.05) is 6.92 Å². The third-order valence-corrected chi connectivity index (χ3v) is 1.97. The summed E-state index contributed by atoms with van der Waals surface area (Å²) in [6, 6.07) is 5.51. The predicted octanol–water partition coefficient (Wildman–Crippen LogP) is 1.70. The number of nitrogens with zero attached hydrogens (tertiary/aromatic N) is 1. The lowest BCUT2D eigenvalue weighted by molar-refractivity contribution is 1.13. The molecular formula is C10H11N3. The van der Waals surface area contributed by atoms with E-state index in [1.54, 1.807) is 12.1 Å². The molecule has 3 nitrogen and oxygen atoms in total. The van der Waals surface area contributed by atoms with Crippen LogP contribution in [0.15, 0.2) is 12.1 Å². The third-order valence-electron chi connectivity index (χ3n) is 1.97. The maximum Gasteiger partial charge on any atom is 0.0994 e. The number of nitrogens with one attached hydrogen (secondary N) is 1. The van der Waals surface area contributed by atoms with Crippen molar-refractivity contribution in [3.63, 3.8) is 0 Å². The van der Waals surface area contributed by atoms with Crippen molar-refractivity contribution >= 4 is 11.9 Å². The average molecular weight is 173 g/mol. The second-order valence-corrected chi connectivity index (χ2v) is 2.75. The van der Waals surface area contributed by atoms with Gasteiger partial charge in [0.2, 0.25) is 0 Å². The topological polar surface area (TPSA) is 73.7 Å². The van der Waals surface area contributed by atoms with Gasteiger partial charge in [-0.05, 0) is 24.1 Å². The van der Waals surface area contributed by atoms with E-state index in [0.29, 0.717) is 16.8 Å². The SMILES string of the molecule is CCc1cc(N)c(C=N)cc1C#N. The van der Waals surface area contributed by atoms with E-state index in [-0.39, 0.29) is 0 Å². The highest BCUT2D eigenvalue weighted by atomic mass is 14.6. The molecule has 0 aliphatic rings. The molecule has 1 aromatic carbocycles. The van der Waals surface area contributed by atoms with Crippen LogP contribution in [0, 0.1) is 16.7 Å². The van der Waals surface area contributed by atoms with Crippen LogP contribution in [0.3, 0.4) is 0 Å². The van der Waals surface area contributed by atoms with Crippen LogP contribution in [0.2, 0.25) is 0 Å². The fourth-order valence-corrected chi connectivity index (χ4v) is 1.20. The number of anilines is 1. The first-order chi connectivity index (χ1) is 6.22. The molecule has 0 aromatic heterocycles. The van der Waals surface area contributed by atoms with Crippen LogP contribution in [0.5, 0.6) is 0 Å². The van der Waals surface area contributed by atoms with Crippen molar-refractivity contribution in [2.24, 2.45) is 0 Å². The second kappa shape index (κ2) is 3.72. The molecule has 0 spiro atoms. The first-order valence-corrected chi connectivity index (χ1v) is 4.05. The van der Waals surface area contributed by atoms with Crippen LogP contribution in [-0.2, 0) is 6.42 Å². The van der Waals surface area contributed by atoms with Crippen LogP contribution >= 0.6 is 0 Å². The van der Waals surface area contributed by atoms with Gasteiger partial charge in [0.25, 0.3) is 0 Å². The normalized spacial score (nSPS) is 9.23. The van der Waals surface area contributed by atoms with Crippen molar-refractivity contribution < 1.29 is 0 Å². The maximum atomic E-state index is 8.79. The van der Waals surface area contributed by atoms with Crippen LogP contribution in [-0.4, -0.2) is 6.21 Å². The number of aryl methyl sites for hydroxylation is 1. The molecule has 1 rings (SSSR count). The van der Waals surface area contributed by atoms with Gasteiger partial charge >= 0.3 is 0 Å². The molecule has 3 N–H and O–H groups in total. The third kappa shape index (κ3) is 1.67. The molecule has 1 aromatic rings. The Labute approximate surface area is 77.3 Å². The van der Waals surface area contributed by atoms with Gasteiger partial charge in [-0.3, -0.25) is 0 Å². The highest BCUT2D eigenvalue weighted by Crippen LogP contribution is 2.17. The number of nitriles is 1. The number of nitrogen functional groups attached to an aromatic ring is 1. The molecule has 0 amide bonds. The summed E-state index contributed by atoms with van der Waals surface area (Å²) in [4.78, 5) is 0. The van der Waals surface area contributed by atoms with Crippen molar-refractivity contribution in [1.29, 1.82) is 10.7 Å². The Hall–Kier alpha value is -1.82. The molecule has 0 fully saturated rings. The van der Waals surface area contributed by atoms with Crippen molar-refractivity contribution in [2.75, 3.05) is 5.73 Å². The van der Waals surface area contributed by atoms with Gasteiger partial charge in [-0.2, -0.15) is 5.26 Å². The molecule has 0 atom stereocenters. The van der Waals surface area contributed by atoms with Gasteiger partial charge in [-0.15, -0.1) is 0 Å². The second-order valence-electron chi connectivity index (χ2n) is 2.75. The minimum atomic E-state index is 0.561. The van der Waals surface area contributed by atoms with E-state index < -0.39 is 0 Å². The van der Waals surface area contributed by atoms with E-state index in [2.05, 4.69) is 6.07 Å². The van der Waals surface area contributed by atoms with Crippen molar-refractivity contribution in [3.8, 4) is 6.07 Å². The summed E-state index contributed by atoms with van der Waals surface area (Å²) in [5.74, 6) is 0. The van der Waals surface area contributed by atoms with Crippen molar-refractivity contribution in [1.82, 2.24) is 0 Å². The largest absolute Gasteiger partial charge is 0.398 e. The zero-order valence-corrected chi connectivity index (χ0v) is 7.46. The Bertz CT molecular complexity index is 374. The fraction of sp³-hybridized carbons (Fsp3) is 0.200. The van der Waals surface area contributed by atoms with E-state index in [9.17, 15) is 0 Å². The Morgan fingerprint density at radius 3 is 2.77 bits per heavy atom. The van der Waals surface area contributed by atoms with Crippen molar-refractivity contribution in [2.45, 2.75) is 13.3 Å². The zero-order valence-electron chi connectivity index (χ0n) is 7.46. The van der Waals surface area contributed by atoms with Gasteiger partial charge in [0.1, 0.15) is 0 Å². The summed E-state index contributed by atoms with van der Waals surface area (Å²) in [5.41, 5.74) is 8.38. The number of rotatable bonds is 2. The molecule has 0 aliphatic carbocycles. The van der Waals surface area contributed by atoms with Crippen LogP contribution in [0.1, 0.15) is 23.6 Å². The minimum absolute atomic E-state index is 0.561. The molecule has 13 heavy (non-hydrogen) atoms. The maximum absolute atomic E-state index is 8.79. The smallest absolute Gasteiger partial charge is 0.0994 e. The molecule has 0 unspecified atom stereocenters. The molecule has 0 heterocycles. The summed E-state index contributed by atoms with van der Waals surface area (Å²) >= 11 is 0. The molecule has 3 heteroatoms. The fourth-order valence-electron chi connectivity index (χ4n) is 1.20. The number of benzene rings is 1. The molecule has 0 saturated carbocycles. The zero-order chi connectivity index (χ0) is 9.84. The standard InChI is InChI=1S/C10H11N3/c1-2-7-4-10(13)9(6-12)3-8(7)5-11/h3-4,6,12H,2,13H2,1H3. The monoisotopic (exact) mass is 173 g/mol. The van der Waals surface area contributed by atoms with Crippen LogP contribution in [0.25, 0.3) is 0 Å². The minimum Gasteiger partial charge on any atom is -0.398 e. The lowest BCUT2D eigenvalue weighted by Crippen LogP contribution is -1.97. The highest BCUT2D eigenvalue weighted by molar-refractivity contribution is 5.86. The van der Waals surface area contributed by atoms with Gasteiger partial charge in [-0.25, -0.2) is 0 Å². The van der Waals surface area contributed by atoms with Gasteiger partial charge in [0.15, 0.2) is 0 Å². The average Bonchev–Trinajstić information content (AvgIpc) is 2.17. The molecule has 0 bridgehead atoms. The highest BCUT2D eigenvalue weighted by Gasteiger charge is 2.04. The van der Waals surface area contributed by atoms with Gasteiger partial charge < -0.3 is 11.1 Å². The molecule has 0 radical (unpaired) electrons. The summed E-state index contributed by atoms with van der Waals surface area (Å²) < 4.78 is 0. The first-order valence-electron chi connectivity index (χ1n) is 4.05. The number of nitrogens with two attached hydrogens (primary N) is 1. The Balaban J connectivity index is 3.36. The van der Waals surface area contributed by atoms with E-state index in [4.69, 9.17) is 16.4 Å². The lowest BCUT2D eigenvalue weighted by atomic mass is 10.0. The Morgan fingerprint density at radius 1 is 1.62 bits per heavy atom. The quantitative estimate of drug-likeness (QED) is 0.527. The molecular weight excluding hydrogens is 162 g/mol. The number of hydrogen-bond acceptors (Lipinski definition) is 3. The van der Waals surface area contributed by atoms with E-state index >= 15 is 0 Å². The predicted molar refractivity (Wildman–Crippen MR) is 52.8 cm³/mol. The number of hydrogen-bond donors (Lipinski definition) is 2. The Morgan fingerprint density at radius 2 is 2.31 bits per heavy atom. The molecule has 0 saturated heterocycles. The summed E-state index contributed by atoms with van der Waals surface area (Å²) in [5, 5.41) is 15.9. The summed E-state index contributed by atoms with van der Waals surface area (Å²) in [6.45, 7) is 1.97. The molecule has 0 aliphatic heterocycles. The van der Waals surface area contributed by atoms with Crippen LogP contribution < -0.4 is 5.73 Å². The van der Waals surface area contributed by atoms with E-state index in [1.165, 1.54) is 0 Å². The van der Waals surface area contributed by atoms with E-state index in [0.717, 1.165) is 18.2 Å². The lowest BCUT2D eigenvalue weighted by Gasteiger charge is -2.04. The van der Waals surface area contributed by atoms with Crippen LogP contribution in [0.4, 0.5) is 5.69 Å². The summed E-state index contributed by atoms with van der Waals surface area (Å²) in [6.07, 6.45) is 1.95. The van der Waals surface area contributed by atoms with Crippen molar-refractivity contribution in [3.05, 3.63) is 28.8 Å². The van der Waals surface area contributed by atoms with Gasteiger partial charge in [0, 0.05) is 17.5 Å². The van der Waals surface area contributed by atoms with Gasteiger partial charge in [-0.1, -0.05) is 6.92 Å². The summed E-state index contributed by atoms with van der Waals surface area (Å²) in [7, 11) is 0. The Kier molecular flexibility index (Phi) is 2.65. The first kappa shape index (κ1) is 9.27. The van der Waals surface area contributed by atoms with Gasteiger partial charge in [0.05, 0.1) is 11.6 Å². The molecule has 66 valence electrons.